The molecule has 41 heavy (non-hydrogen) atoms. The minimum absolute atomic E-state index is 0.111. The van der Waals surface area contributed by atoms with E-state index < -0.39 is 0 Å². The standard InChI is InChI=1S/C35H44N4O2/c1-26(2)32(28-12-5-3-6-13-28)25-39-22-17-31(37-33(35(39)41)18-21-38-19-9-4-10-20-38)24-36-34(40)30-16-15-27-11-7-8-14-29(27)23-30/h3,5-8,11-17,23,26,32-33,37H,4,9-10,18-22,24-25H2,1-2H3,(H,36,40)/t32-,33+/m1/s1. The fourth-order valence-electron chi connectivity index (χ4n) is 6.10. The predicted molar refractivity (Wildman–Crippen MR) is 167 cm³/mol. The highest BCUT2D eigenvalue weighted by atomic mass is 16.2. The van der Waals surface area contributed by atoms with Gasteiger partial charge in [-0.3, -0.25) is 9.59 Å². The van der Waals surface area contributed by atoms with Crippen LogP contribution in [0, 0.1) is 5.92 Å². The lowest BCUT2D eigenvalue weighted by Gasteiger charge is -2.32. The molecule has 1 saturated heterocycles. The number of fused-ring (bicyclic) bond motifs is 1. The van der Waals surface area contributed by atoms with Crippen molar-refractivity contribution in [2.24, 2.45) is 5.92 Å². The second-order valence-corrected chi connectivity index (χ2v) is 11.9. The Labute approximate surface area is 244 Å². The van der Waals surface area contributed by atoms with Gasteiger partial charge in [-0.05, 0) is 72.8 Å². The average molecular weight is 553 g/mol. The normalized spacial score (nSPS) is 19.0. The second kappa shape index (κ2) is 13.8. The Morgan fingerprint density at radius 2 is 1.68 bits per heavy atom. The lowest BCUT2D eigenvalue weighted by molar-refractivity contribution is -0.133. The van der Waals surface area contributed by atoms with E-state index in [2.05, 4.69) is 59.7 Å². The third kappa shape index (κ3) is 7.56. The van der Waals surface area contributed by atoms with Crippen molar-refractivity contribution in [1.82, 2.24) is 20.4 Å². The molecule has 2 N–H and O–H groups in total. The smallest absolute Gasteiger partial charge is 0.251 e. The van der Waals surface area contributed by atoms with Gasteiger partial charge in [0.2, 0.25) is 5.91 Å². The van der Waals surface area contributed by atoms with Crippen molar-refractivity contribution in [1.29, 1.82) is 0 Å². The summed E-state index contributed by atoms with van der Waals surface area (Å²) in [6, 6.07) is 24.1. The van der Waals surface area contributed by atoms with Crippen LogP contribution >= 0.6 is 0 Å². The molecule has 2 aliphatic heterocycles. The van der Waals surface area contributed by atoms with Crippen LogP contribution < -0.4 is 10.6 Å². The Kier molecular flexibility index (Phi) is 9.73. The molecule has 2 atom stereocenters. The largest absolute Gasteiger partial charge is 0.376 e. The van der Waals surface area contributed by atoms with Gasteiger partial charge in [0, 0.05) is 36.8 Å². The molecule has 6 heteroatoms. The van der Waals surface area contributed by atoms with E-state index in [4.69, 9.17) is 0 Å². The second-order valence-electron chi connectivity index (χ2n) is 11.9. The van der Waals surface area contributed by atoms with E-state index in [9.17, 15) is 9.59 Å². The number of benzene rings is 3. The van der Waals surface area contributed by atoms with Crippen molar-refractivity contribution in [3.05, 3.63) is 95.7 Å². The number of rotatable bonds is 10. The summed E-state index contributed by atoms with van der Waals surface area (Å²) in [5.74, 6) is 0.693. The summed E-state index contributed by atoms with van der Waals surface area (Å²) in [6.45, 7) is 9.15. The Bertz CT molecular complexity index is 1350. The summed E-state index contributed by atoms with van der Waals surface area (Å²) in [5.41, 5.74) is 2.81. The molecular formula is C35H44N4O2. The maximum absolute atomic E-state index is 14.0. The van der Waals surface area contributed by atoms with Gasteiger partial charge in [-0.2, -0.15) is 0 Å². The van der Waals surface area contributed by atoms with Gasteiger partial charge >= 0.3 is 0 Å². The zero-order chi connectivity index (χ0) is 28.6. The molecule has 6 nitrogen and oxygen atoms in total. The monoisotopic (exact) mass is 552 g/mol. The van der Waals surface area contributed by atoms with Crippen LogP contribution in [0.1, 0.15) is 61.4 Å². The number of nitrogens with one attached hydrogen (secondary N) is 2. The predicted octanol–water partition coefficient (Wildman–Crippen LogP) is 5.57. The molecule has 1 fully saturated rings. The maximum Gasteiger partial charge on any atom is 0.251 e. The van der Waals surface area contributed by atoms with Crippen LogP contribution in [0.15, 0.2) is 84.6 Å². The summed E-state index contributed by atoms with van der Waals surface area (Å²) >= 11 is 0. The number of piperidine rings is 1. The highest BCUT2D eigenvalue weighted by Gasteiger charge is 2.30. The SMILES string of the molecule is CC(C)[C@@H](CN1CC=C(CNC(=O)c2ccc3ccccc3c2)N[C@@H](CCN2CCCCC2)C1=O)c1ccccc1. The van der Waals surface area contributed by atoms with Crippen LogP contribution in [-0.2, 0) is 4.79 Å². The number of carbonyl (C=O) groups is 2. The number of amides is 2. The highest BCUT2D eigenvalue weighted by molar-refractivity contribution is 5.98. The van der Waals surface area contributed by atoms with Crippen molar-refractivity contribution in [2.75, 3.05) is 39.3 Å². The van der Waals surface area contributed by atoms with Crippen LogP contribution in [-0.4, -0.2) is 66.9 Å². The van der Waals surface area contributed by atoms with Gasteiger partial charge in [0.25, 0.3) is 5.91 Å². The average Bonchev–Trinajstić information content (AvgIpc) is 3.16. The number of carbonyl (C=O) groups excluding carboxylic acids is 2. The number of nitrogens with zero attached hydrogens (tertiary/aromatic N) is 2. The molecule has 2 amide bonds. The molecule has 3 aromatic carbocycles. The summed E-state index contributed by atoms with van der Waals surface area (Å²) < 4.78 is 0. The zero-order valence-electron chi connectivity index (χ0n) is 24.5. The zero-order valence-corrected chi connectivity index (χ0v) is 24.5. The molecule has 5 rings (SSSR count). The van der Waals surface area contributed by atoms with E-state index in [1.165, 1.54) is 24.8 Å². The van der Waals surface area contributed by atoms with Crippen molar-refractivity contribution in [3.63, 3.8) is 0 Å². The van der Waals surface area contributed by atoms with E-state index >= 15 is 0 Å². The molecule has 2 heterocycles. The molecule has 0 radical (unpaired) electrons. The Balaban J connectivity index is 1.30. The third-order valence-corrected chi connectivity index (χ3v) is 8.61. The van der Waals surface area contributed by atoms with Gasteiger partial charge in [-0.1, -0.05) is 80.9 Å². The molecule has 3 aromatic rings. The van der Waals surface area contributed by atoms with E-state index in [0.717, 1.165) is 42.5 Å². The molecule has 216 valence electrons. The Hall–Kier alpha value is -3.64. The van der Waals surface area contributed by atoms with Gasteiger partial charge in [0.15, 0.2) is 0 Å². The number of hydrogen-bond acceptors (Lipinski definition) is 4. The quantitative estimate of drug-likeness (QED) is 0.345. The first-order valence-corrected chi connectivity index (χ1v) is 15.3. The van der Waals surface area contributed by atoms with Gasteiger partial charge in [-0.15, -0.1) is 0 Å². The topological polar surface area (TPSA) is 64.7 Å². The van der Waals surface area contributed by atoms with Gasteiger partial charge in [-0.25, -0.2) is 0 Å². The lowest BCUT2D eigenvalue weighted by Crippen LogP contribution is -2.48. The summed E-state index contributed by atoms with van der Waals surface area (Å²) in [5, 5.41) is 8.79. The molecule has 0 unspecified atom stereocenters. The van der Waals surface area contributed by atoms with Crippen LogP contribution in [0.25, 0.3) is 10.8 Å². The van der Waals surface area contributed by atoms with Gasteiger partial charge in [0.1, 0.15) is 6.04 Å². The summed E-state index contributed by atoms with van der Waals surface area (Å²) in [7, 11) is 0. The van der Waals surface area contributed by atoms with Crippen LogP contribution in [0.2, 0.25) is 0 Å². The number of likely N-dealkylation sites (tertiary alicyclic amines) is 1. The fourth-order valence-corrected chi connectivity index (χ4v) is 6.10. The highest BCUT2D eigenvalue weighted by Crippen LogP contribution is 2.26. The van der Waals surface area contributed by atoms with Crippen LogP contribution in [0.4, 0.5) is 0 Å². The molecule has 0 saturated carbocycles. The van der Waals surface area contributed by atoms with Crippen LogP contribution in [0.5, 0.6) is 0 Å². The maximum atomic E-state index is 14.0. The summed E-state index contributed by atoms with van der Waals surface area (Å²) in [4.78, 5) is 31.6. The summed E-state index contributed by atoms with van der Waals surface area (Å²) in [6.07, 6.45) is 6.60. The van der Waals surface area contributed by atoms with Crippen molar-refractivity contribution in [2.45, 2.75) is 51.5 Å². The van der Waals surface area contributed by atoms with E-state index in [0.29, 0.717) is 31.1 Å². The molecule has 0 aliphatic carbocycles. The molecule has 0 bridgehead atoms. The van der Waals surface area contributed by atoms with Crippen molar-refractivity contribution < 1.29 is 9.59 Å². The lowest BCUT2D eigenvalue weighted by atomic mass is 9.88. The van der Waals surface area contributed by atoms with Crippen LogP contribution in [0.3, 0.4) is 0 Å². The van der Waals surface area contributed by atoms with Crippen molar-refractivity contribution >= 4 is 22.6 Å². The Morgan fingerprint density at radius 1 is 0.951 bits per heavy atom. The first kappa shape index (κ1) is 28.9. The third-order valence-electron chi connectivity index (χ3n) is 8.61. The van der Waals surface area contributed by atoms with E-state index in [-0.39, 0.29) is 23.8 Å². The molecule has 0 spiro atoms. The molecule has 2 aliphatic rings. The first-order valence-electron chi connectivity index (χ1n) is 15.3. The van der Waals surface area contributed by atoms with Gasteiger partial charge in [0.05, 0.1) is 6.54 Å². The van der Waals surface area contributed by atoms with E-state index in [1.54, 1.807) is 0 Å². The van der Waals surface area contributed by atoms with Crippen molar-refractivity contribution in [3.8, 4) is 0 Å². The van der Waals surface area contributed by atoms with Gasteiger partial charge < -0.3 is 20.4 Å². The van der Waals surface area contributed by atoms with E-state index in [1.807, 2.05) is 53.4 Å². The first-order chi connectivity index (χ1) is 20.0. The minimum Gasteiger partial charge on any atom is -0.376 e. The fraction of sp³-hybridized carbons (Fsp3) is 0.429. The Morgan fingerprint density at radius 3 is 2.44 bits per heavy atom. The minimum atomic E-state index is -0.313. The molecule has 0 aromatic heterocycles. The molecular weight excluding hydrogens is 508 g/mol. The number of hydrogen-bond donors (Lipinski definition) is 2.